The second-order valence-corrected chi connectivity index (χ2v) is 5.08. The molecule has 0 saturated heterocycles. The lowest BCUT2D eigenvalue weighted by Crippen LogP contribution is -2.20. The summed E-state index contributed by atoms with van der Waals surface area (Å²) in [5.41, 5.74) is 6.78. The van der Waals surface area contributed by atoms with E-state index < -0.39 is 0 Å². The minimum absolute atomic E-state index is 0.00832. The highest BCUT2D eigenvalue weighted by molar-refractivity contribution is 9.10. The van der Waals surface area contributed by atoms with Crippen molar-refractivity contribution in [3.8, 4) is 0 Å². The van der Waals surface area contributed by atoms with E-state index in [0.717, 1.165) is 16.5 Å². The molecule has 2 atom stereocenters. The zero-order valence-electron chi connectivity index (χ0n) is 8.90. The Kier molecular flexibility index (Phi) is 3.56. The first kappa shape index (κ1) is 11.6. The highest BCUT2D eigenvalue weighted by atomic mass is 79.9. The van der Waals surface area contributed by atoms with Gasteiger partial charge in [-0.05, 0) is 24.1 Å². The summed E-state index contributed by atoms with van der Waals surface area (Å²) in [7, 11) is 0. The van der Waals surface area contributed by atoms with Crippen LogP contribution in [0.3, 0.4) is 0 Å². The van der Waals surface area contributed by atoms with Gasteiger partial charge in [0.15, 0.2) is 0 Å². The average Bonchev–Trinajstić information content (AvgIpc) is 2.65. The molecule has 0 aliphatic heterocycles. The molecule has 0 heterocycles. The number of Topliss-reactive ketones (excluding diaryl/α,β-unsaturated/α-hetero) is 1. The van der Waals surface area contributed by atoms with E-state index in [1.54, 1.807) is 0 Å². The number of nitrogens with two attached hydrogens (primary N) is 1. The van der Waals surface area contributed by atoms with Crippen molar-refractivity contribution < 1.29 is 4.79 Å². The molecule has 0 aromatic heterocycles. The Hall–Kier alpha value is -0.930. The van der Waals surface area contributed by atoms with E-state index in [1.807, 2.05) is 36.4 Å². The van der Waals surface area contributed by atoms with Crippen molar-refractivity contribution in [2.75, 3.05) is 0 Å². The third-order valence-corrected chi connectivity index (χ3v) is 3.29. The van der Waals surface area contributed by atoms with Crippen LogP contribution in [-0.4, -0.2) is 11.8 Å². The van der Waals surface area contributed by atoms with E-state index in [2.05, 4.69) is 15.9 Å². The van der Waals surface area contributed by atoms with E-state index in [0.29, 0.717) is 6.42 Å². The van der Waals surface area contributed by atoms with Gasteiger partial charge in [0, 0.05) is 22.9 Å². The number of carbonyl (C=O) groups excluding carboxylic acids is 1. The van der Waals surface area contributed by atoms with Gasteiger partial charge in [0.05, 0.1) is 0 Å². The summed E-state index contributed by atoms with van der Waals surface area (Å²) in [5, 5.41) is 0. The minimum atomic E-state index is 0.00832. The summed E-state index contributed by atoms with van der Waals surface area (Å²) >= 11 is 3.40. The van der Waals surface area contributed by atoms with Crippen LogP contribution in [0.4, 0.5) is 0 Å². The van der Waals surface area contributed by atoms with Crippen molar-refractivity contribution >= 4 is 21.7 Å². The standard InChI is InChI=1S/C13H14BrNO/c14-11-3-1-2-9(6-11)7-13(16)10-4-5-12(15)8-10/h1-6,10,12H,7-8,15H2. The Balaban J connectivity index is 2.00. The molecule has 1 aliphatic rings. The molecular weight excluding hydrogens is 266 g/mol. The van der Waals surface area contributed by atoms with E-state index in [9.17, 15) is 4.79 Å². The third-order valence-electron chi connectivity index (χ3n) is 2.80. The monoisotopic (exact) mass is 279 g/mol. The number of allylic oxidation sites excluding steroid dienone is 1. The number of ketones is 1. The molecule has 0 saturated carbocycles. The van der Waals surface area contributed by atoms with Crippen LogP contribution < -0.4 is 5.73 Å². The fraction of sp³-hybridized carbons (Fsp3) is 0.308. The summed E-state index contributed by atoms with van der Waals surface area (Å²) in [6.45, 7) is 0. The maximum Gasteiger partial charge on any atom is 0.144 e. The van der Waals surface area contributed by atoms with Crippen molar-refractivity contribution in [1.82, 2.24) is 0 Å². The van der Waals surface area contributed by atoms with Crippen LogP contribution in [0.1, 0.15) is 12.0 Å². The Morgan fingerprint density at radius 1 is 1.44 bits per heavy atom. The van der Waals surface area contributed by atoms with Crippen molar-refractivity contribution in [1.29, 1.82) is 0 Å². The largest absolute Gasteiger partial charge is 0.324 e. The summed E-state index contributed by atoms with van der Waals surface area (Å²) in [5.74, 6) is 0.260. The summed E-state index contributed by atoms with van der Waals surface area (Å²) in [6, 6.07) is 7.91. The van der Waals surface area contributed by atoms with Crippen LogP contribution >= 0.6 is 15.9 Å². The fourth-order valence-electron chi connectivity index (χ4n) is 1.95. The number of halogens is 1. The van der Waals surface area contributed by atoms with E-state index in [1.165, 1.54) is 0 Å². The lowest BCUT2D eigenvalue weighted by Gasteiger charge is -2.08. The molecular formula is C13H14BrNO. The SMILES string of the molecule is NC1C=CC(C(=O)Cc2cccc(Br)c2)C1. The van der Waals surface area contributed by atoms with Gasteiger partial charge in [-0.25, -0.2) is 0 Å². The molecule has 1 aliphatic carbocycles. The molecule has 2 N–H and O–H groups in total. The number of benzene rings is 1. The first-order valence-electron chi connectivity index (χ1n) is 5.36. The Bertz CT molecular complexity index is 428. The van der Waals surface area contributed by atoms with Gasteiger partial charge in [-0.2, -0.15) is 0 Å². The van der Waals surface area contributed by atoms with Gasteiger partial charge in [0.1, 0.15) is 5.78 Å². The van der Waals surface area contributed by atoms with Crippen LogP contribution in [0.15, 0.2) is 40.9 Å². The molecule has 0 bridgehead atoms. The molecule has 0 amide bonds. The molecule has 2 rings (SSSR count). The van der Waals surface area contributed by atoms with Crippen LogP contribution in [-0.2, 0) is 11.2 Å². The van der Waals surface area contributed by atoms with Gasteiger partial charge in [-0.1, -0.05) is 40.2 Å². The Morgan fingerprint density at radius 2 is 2.25 bits per heavy atom. The minimum Gasteiger partial charge on any atom is -0.324 e. The van der Waals surface area contributed by atoms with Crippen molar-refractivity contribution in [2.45, 2.75) is 18.9 Å². The van der Waals surface area contributed by atoms with Gasteiger partial charge in [0.25, 0.3) is 0 Å². The van der Waals surface area contributed by atoms with E-state index >= 15 is 0 Å². The van der Waals surface area contributed by atoms with E-state index in [-0.39, 0.29) is 17.7 Å². The van der Waals surface area contributed by atoms with Crippen molar-refractivity contribution in [3.05, 3.63) is 46.5 Å². The second-order valence-electron chi connectivity index (χ2n) is 4.16. The van der Waals surface area contributed by atoms with Crippen LogP contribution in [0, 0.1) is 5.92 Å². The van der Waals surface area contributed by atoms with Gasteiger partial charge < -0.3 is 5.73 Å². The summed E-state index contributed by atoms with van der Waals surface area (Å²) in [6.07, 6.45) is 5.10. The molecule has 3 heteroatoms. The zero-order valence-corrected chi connectivity index (χ0v) is 10.5. The third kappa shape index (κ3) is 2.80. The number of hydrogen-bond donors (Lipinski definition) is 1. The predicted molar refractivity (Wildman–Crippen MR) is 68.1 cm³/mol. The molecule has 1 aromatic rings. The molecule has 2 nitrogen and oxygen atoms in total. The molecule has 1 aromatic carbocycles. The summed E-state index contributed by atoms with van der Waals surface area (Å²) < 4.78 is 1.01. The lowest BCUT2D eigenvalue weighted by molar-refractivity contribution is -0.120. The molecule has 0 spiro atoms. The fourth-order valence-corrected chi connectivity index (χ4v) is 2.39. The van der Waals surface area contributed by atoms with Gasteiger partial charge in [-0.3, -0.25) is 4.79 Å². The van der Waals surface area contributed by atoms with Gasteiger partial charge >= 0.3 is 0 Å². The van der Waals surface area contributed by atoms with Gasteiger partial charge in [0.2, 0.25) is 0 Å². The smallest absolute Gasteiger partial charge is 0.144 e. The number of hydrogen-bond acceptors (Lipinski definition) is 2. The lowest BCUT2D eigenvalue weighted by atomic mass is 9.97. The van der Waals surface area contributed by atoms with Crippen molar-refractivity contribution in [2.24, 2.45) is 11.7 Å². The van der Waals surface area contributed by atoms with Crippen molar-refractivity contribution in [3.63, 3.8) is 0 Å². The maximum absolute atomic E-state index is 11.9. The quantitative estimate of drug-likeness (QED) is 0.864. The second kappa shape index (κ2) is 4.93. The highest BCUT2D eigenvalue weighted by Gasteiger charge is 2.22. The normalized spacial score (nSPS) is 23.6. The maximum atomic E-state index is 11.9. The number of carbonyl (C=O) groups is 1. The predicted octanol–water partition coefficient (Wildman–Crippen LogP) is 2.46. The molecule has 0 radical (unpaired) electrons. The zero-order chi connectivity index (χ0) is 11.5. The van der Waals surface area contributed by atoms with E-state index in [4.69, 9.17) is 5.73 Å². The Labute approximate surface area is 104 Å². The van der Waals surface area contributed by atoms with Crippen LogP contribution in [0.2, 0.25) is 0 Å². The Morgan fingerprint density at radius 3 is 2.88 bits per heavy atom. The topological polar surface area (TPSA) is 43.1 Å². The summed E-state index contributed by atoms with van der Waals surface area (Å²) in [4.78, 5) is 11.9. The van der Waals surface area contributed by atoms with Gasteiger partial charge in [-0.15, -0.1) is 0 Å². The first-order valence-corrected chi connectivity index (χ1v) is 6.15. The average molecular weight is 280 g/mol. The van der Waals surface area contributed by atoms with Crippen LogP contribution in [0.5, 0.6) is 0 Å². The first-order chi connectivity index (χ1) is 7.65. The molecule has 0 fully saturated rings. The molecule has 16 heavy (non-hydrogen) atoms. The molecule has 84 valence electrons. The molecule has 2 unspecified atom stereocenters. The number of rotatable bonds is 3. The van der Waals surface area contributed by atoms with Crippen LogP contribution in [0.25, 0.3) is 0 Å². The highest BCUT2D eigenvalue weighted by Crippen LogP contribution is 2.20.